The van der Waals surface area contributed by atoms with Crippen LogP contribution in [0.25, 0.3) is 0 Å². The van der Waals surface area contributed by atoms with Gasteiger partial charge in [0.15, 0.2) is 0 Å². The Labute approximate surface area is 90.0 Å². The van der Waals surface area contributed by atoms with E-state index in [1.165, 1.54) is 0 Å². The number of carbonyl (C=O) groups excluding carboxylic acids is 1. The quantitative estimate of drug-likeness (QED) is 0.644. The topological polar surface area (TPSA) is 20.3 Å². The number of nitrogens with zero attached hydrogens (tertiary/aromatic N) is 1. The average molecular weight is 224 g/mol. The van der Waals surface area contributed by atoms with Crippen LogP contribution in [0.15, 0.2) is 0 Å². The van der Waals surface area contributed by atoms with Crippen molar-refractivity contribution in [2.24, 2.45) is 0 Å². The lowest BCUT2D eigenvalue weighted by Crippen LogP contribution is -2.35. The number of rotatable bonds is 6. The van der Waals surface area contributed by atoms with E-state index in [0.717, 1.165) is 12.2 Å². The number of halogens is 1. The largest absolute Gasteiger partial charge is 0.343 e. The van der Waals surface area contributed by atoms with Crippen LogP contribution < -0.4 is 0 Å². The van der Waals surface area contributed by atoms with Crippen LogP contribution in [0.4, 0.5) is 0 Å². The van der Waals surface area contributed by atoms with E-state index >= 15 is 0 Å². The molecular formula is C9H18ClNOS. The maximum absolute atomic E-state index is 11.4. The second-order valence-electron chi connectivity index (χ2n) is 3.07. The van der Waals surface area contributed by atoms with Crippen molar-refractivity contribution < 1.29 is 4.79 Å². The third-order valence-corrected chi connectivity index (χ3v) is 2.94. The van der Waals surface area contributed by atoms with Gasteiger partial charge in [-0.2, -0.15) is 11.8 Å². The second-order valence-corrected chi connectivity index (χ2v) is 4.44. The maximum Gasteiger partial charge on any atom is 0.223 e. The summed E-state index contributed by atoms with van der Waals surface area (Å²) in [4.78, 5) is 13.2. The van der Waals surface area contributed by atoms with E-state index in [2.05, 4.69) is 13.2 Å². The molecule has 0 spiro atoms. The summed E-state index contributed by atoms with van der Waals surface area (Å²) in [7, 11) is 1.85. The molecule has 2 nitrogen and oxygen atoms in total. The molecule has 1 atom stereocenters. The number of carbonyl (C=O) groups is 1. The van der Waals surface area contributed by atoms with E-state index < -0.39 is 0 Å². The van der Waals surface area contributed by atoms with Gasteiger partial charge in [0.05, 0.1) is 0 Å². The zero-order valence-electron chi connectivity index (χ0n) is 8.55. The van der Waals surface area contributed by atoms with E-state index in [-0.39, 0.29) is 5.91 Å². The number of hydrogen-bond acceptors (Lipinski definition) is 2. The molecule has 0 rings (SSSR count). The summed E-state index contributed by atoms with van der Waals surface area (Å²) in [5, 5.41) is 0. The van der Waals surface area contributed by atoms with Crippen molar-refractivity contribution in [2.75, 3.05) is 24.9 Å². The first-order valence-corrected chi connectivity index (χ1v) is 6.36. The smallest absolute Gasteiger partial charge is 0.223 e. The van der Waals surface area contributed by atoms with E-state index in [0.29, 0.717) is 18.3 Å². The predicted molar refractivity (Wildman–Crippen MR) is 60.6 cm³/mol. The molecule has 4 heteroatoms. The van der Waals surface area contributed by atoms with E-state index in [9.17, 15) is 4.79 Å². The highest BCUT2D eigenvalue weighted by Gasteiger charge is 2.13. The average Bonchev–Trinajstić information content (AvgIpc) is 2.13. The van der Waals surface area contributed by atoms with E-state index in [4.69, 9.17) is 11.6 Å². The Bertz CT molecular complexity index is 155. The number of alkyl halides is 1. The summed E-state index contributed by atoms with van der Waals surface area (Å²) in [6.07, 6.45) is 3.57. The molecule has 0 aliphatic heterocycles. The zero-order chi connectivity index (χ0) is 10.3. The first-order chi connectivity index (χ1) is 6.13. The second kappa shape index (κ2) is 7.51. The molecule has 0 bridgehead atoms. The molecule has 0 aromatic heterocycles. The predicted octanol–water partition coefficient (Wildman–Crippen LogP) is 2.22. The van der Waals surface area contributed by atoms with Gasteiger partial charge in [-0.3, -0.25) is 4.79 Å². The molecule has 1 unspecified atom stereocenters. The molecule has 0 heterocycles. The molecule has 1 amide bonds. The fourth-order valence-electron chi connectivity index (χ4n) is 0.985. The fraction of sp³-hybridized carbons (Fsp3) is 0.889. The Balaban J connectivity index is 3.79. The molecule has 78 valence electrons. The molecule has 0 N–H and O–H groups in total. The lowest BCUT2D eigenvalue weighted by atomic mass is 10.2. The zero-order valence-corrected chi connectivity index (χ0v) is 10.1. The summed E-state index contributed by atoms with van der Waals surface area (Å²) in [5.74, 6) is 1.65. The lowest BCUT2D eigenvalue weighted by Gasteiger charge is -2.24. The van der Waals surface area contributed by atoms with Crippen LogP contribution in [0.5, 0.6) is 0 Å². The van der Waals surface area contributed by atoms with Crippen LogP contribution in [-0.4, -0.2) is 41.8 Å². The molecular weight excluding hydrogens is 206 g/mol. The van der Waals surface area contributed by atoms with Gasteiger partial charge in [-0.15, -0.1) is 11.6 Å². The Hall–Kier alpha value is 0.110. The first kappa shape index (κ1) is 13.1. The van der Waals surface area contributed by atoms with Crippen molar-refractivity contribution in [3.05, 3.63) is 0 Å². The van der Waals surface area contributed by atoms with Gasteiger partial charge in [0.1, 0.15) is 0 Å². The van der Waals surface area contributed by atoms with Gasteiger partial charge in [0, 0.05) is 25.4 Å². The molecule has 0 radical (unpaired) electrons. The number of thioether (sulfide) groups is 1. The van der Waals surface area contributed by atoms with Gasteiger partial charge in [-0.05, 0) is 25.4 Å². The van der Waals surface area contributed by atoms with Crippen LogP contribution in [0.2, 0.25) is 0 Å². The molecule has 0 aliphatic carbocycles. The standard InChI is InChI=1S/C9H18ClNOS/c1-8(5-7-13-3)11(2)9(12)4-6-10/h8H,4-7H2,1-3H3. The van der Waals surface area contributed by atoms with Crippen molar-refractivity contribution in [1.29, 1.82) is 0 Å². The molecule has 0 fully saturated rings. The normalized spacial score (nSPS) is 12.6. The third kappa shape index (κ3) is 5.42. The van der Waals surface area contributed by atoms with Gasteiger partial charge in [0.25, 0.3) is 0 Å². The Kier molecular flexibility index (Phi) is 7.57. The summed E-state index contributed by atoms with van der Waals surface area (Å²) >= 11 is 7.31. The van der Waals surface area contributed by atoms with Gasteiger partial charge in [-0.25, -0.2) is 0 Å². The Morgan fingerprint density at radius 3 is 2.69 bits per heavy atom. The minimum Gasteiger partial charge on any atom is -0.343 e. The SMILES string of the molecule is CSCCC(C)N(C)C(=O)CCCl. The molecule has 0 aliphatic rings. The summed E-state index contributed by atoms with van der Waals surface area (Å²) in [5.41, 5.74) is 0. The van der Waals surface area contributed by atoms with Gasteiger partial charge >= 0.3 is 0 Å². The monoisotopic (exact) mass is 223 g/mol. The maximum atomic E-state index is 11.4. The fourth-order valence-corrected chi connectivity index (χ4v) is 1.72. The molecule has 0 saturated heterocycles. The van der Waals surface area contributed by atoms with Crippen LogP contribution in [0.3, 0.4) is 0 Å². The molecule has 0 aromatic rings. The van der Waals surface area contributed by atoms with Gasteiger partial charge in [-0.1, -0.05) is 0 Å². The van der Waals surface area contributed by atoms with Crippen LogP contribution in [-0.2, 0) is 4.79 Å². The van der Waals surface area contributed by atoms with Gasteiger partial charge in [0.2, 0.25) is 5.91 Å². The van der Waals surface area contributed by atoms with Gasteiger partial charge < -0.3 is 4.90 Å². The van der Waals surface area contributed by atoms with Crippen molar-refractivity contribution >= 4 is 29.3 Å². The molecule has 13 heavy (non-hydrogen) atoms. The summed E-state index contributed by atoms with van der Waals surface area (Å²) < 4.78 is 0. The minimum absolute atomic E-state index is 0.142. The van der Waals surface area contributed by atoms with Crippen molar-refractivity contribution in [3.63, 3.8) is 0 Å². The van der Waals surface area contributed by atoms with E-state index in [1.807, 2.05) is 18.8 Å². The third-order valence-electron chi connectivity index (χ3n) is 2.10. The highest BCUT2D eigenvalue weighted by molar-refractivity contribution is 7.98. The minimum atomic E-state index is 0.142. The number of hydrogen-bond donors (Lipinski definition) is 0. The molecule has 0 aromatic carbocycles. The lowest BCUT2D eigenvalue weighted by molar-refractivity contribution is -0.131. The van der Waals surface area contributed by atoms with Crippen LogP contribution in [0.1, 0.15) is 19.8 Å². The van der Waals surface area contributed by atoms with E-state index in [1.54, 1.807) is 4.90 Å². The first-order valence-electron chi connectivity index (χ1n) is 4.44. The van der Waals surface area contributed by atoms with Crippen molar-refractivity contribution in [3.8, 4) is 0 Å². The number of amides is 1. The Morgan fingerprint density at radius 2 is 2.23 bits per heavy atom. The highest BCUT2D eigenvalue weighted by atomic mass is 35.5. The van der Waals surface area contributed by atoms with Crippen molar-refractivity contribution in [2.45, 2.75) is 25.8 Å². The molecule has 0 saturated carbocycles. The van der Waals surface area contributed by atoms with Crippen molar-refractivity contribution in [1.82, 2.24) is 4.90 Å². The summed E-state index contributed by atoms with van der Waals surface area (Å²) in [6.45, 7) is 2.07. The Morgan fingerprint density at radius 1 is 1.62 bits per heavy atom. The van der Waals surface area contributed by atoms with Crippen LogP contribution >= 0.6 is 23.4 Å². The van der Waals surface area contributed by atoms with Crippen LogP contribution in [0, 0.1) is 0 Å². The highest BCUT2D eigenvalue weighted by Crippen LogP contribution is 2.07. The summed E-state index contributed by atoms with van der Waals surface area (Å²) in [6, 6.07) is 0.322.